The molecule has 0 fully saturated rings. The summed E-state index contributed by atoms with van der Waals surface area (Å²) in [5, 5.41) is 0. The molecule has 2 aromatic rings. The first-order chi connectivity index (χ1) is 9.57. The van der Waals surface area contributed by atoms with Crippen LogP contribution in [0.5, 0.6) is 0 Å². The fourth-order valence-electron chi connectivity index (χ4n) is 2.33. The summed E-state index contributed by atoms with van der Waals surface area (Å²) in [5.74, 6) is 1.58. The molecule has 5 heteroatoms. The van der Waals surface area contributed by atoms with E-state index in [1.54, 1.807) is 7.11 Å². The molecule has 0 spiro atoms. The van der Waals surface area contributed by atoms with E-state index in [9.17, 15) is 0 Å². The number of methoxy groups -OCH3 is 1. The van der Waals surface area contributed by atoms with Crippen LogP contribution in [0.3, 0.4) is 0 Å². The van der Waals surface area contributed by atoms with Gasteiger partial charge in [-0.25, -0.2) is 9.97 Å². The Hall–Kier alpha value is -1.13. The third-order valence-corrected chi connectivity index (χ3v) is 3.66. The number of hydrogen-bond donors (Lipinski definition) is 0. The van der Waals surface area contributed by atoms with Crippen molar-refractivity contribution < 1.29 is 4.74 Å². The minimum absolute atomic E-state index is 0.127. The van der Waals surface area contributed by atoms with Gasteiger partial charge in [0.05, 0.1) is 0 Å². The summed E-state index contributed by atoms with van der Waals surface area (Å²) in [6.07, 6.45) is 3.57. The normalized spacial score (nSPS) is 12.2. The Balaban J connectivity index is 2.33. The van der Waals surface area contributed by atoms with Crippen molar-refractivity contribution in [2.45, 2.75) is 33.2 Å². The van der Waals surface area contributed by atoms with Crippen LogP contribution in [0.1, 0.15) is 26.1 Å². The number of aryl methyl sites for hydroxylation is 1. The van der Waals surface area contributed by atoms with Crippen molar-refractivity contribution in [3.63, 3.8) is 0 Å². The van der Waals surface area contributed by atoms with Crippen LogP contribution in [0.25, 0.3) is 11.2 Å². The number of hydrogen-bond acceptors (Lipinski definition) is 3. The van der Waals surface area contributed by atoms with Gasteiger partial charge in [0, 0.05) is 38.8 Å². The van der Waals surface area contributed by atoms with Crippen molar-refractivity contribution >= 4 is 22.8 Å². The summed E-state index contributed by atoms with van der Waals surface area (Å²) >= 11 is 5.90. The average Bonchev–Trinajstić information content (AvgIpc) is 2.75. The number of pyridine rings is 1. The van der Waals surface area contributed by atoms with E-state index in [0.29, 0.717) is 5.88 Å². The molecule has 0 aliphatic carbocycles. The zero-order chi connectivity index (χ0) is 14.6. The number of aromatic nitrogens is 3. The van der Waals surface area contributed by atoms with E-state index in [2.05, 4.69) is 28.4 Å². The van der Waals surface area contributed by atoms with E-state index in [-0.39, 0.29) is 5.41 Å². The first-order valence-electron chi connectivity index (χ1n) is 6.92. The quantitative estimate of drug-likeness (QED) is 0.736. The van der Waals surface area contributed by atoms with Gasteiger partial charge in [0.15, 0.2) is 5.65 Å². The van der Waals surface area contributed by atoms with Gasteiger partial charge in [-0.1, -0.05) is 13.8 Å². The first kappa shape index (κ1) is 15.3. The van der Waals surface area contributed by atoms with Gasteiger partial charge in [0.1, 0.15) is 11.3 Å². The molecule has 0 aliphatic heterocycles. The number of halogens is 1. The largest absolute Gasteiger partial charge is 0.385 e. The van der Waals surface area contributed by atoms with Gasteiger partial charge in [-0.2, -0.15) is 0 Å². The van der Waals surface area contributed by atoms with Crippen LogP contribution in [0.4, 0.5) is 0 Å². The monoisotopic (exact) mass is 295 g/mol. The Kier molecular flexibility index (Phi) is 5.00. The topological polar surface area (TPSA) is 39.9 Å². The van der Waals surface area contributed by atoms with Gasteiger partial charge in [-0.3, -0.25) is 0 Å². The van der Waals surface area contributed by atoms with Crippen molar-refractivity contribution in [2.24, 2.45) is 5.41 Å². The van der Waals surface area contributed by atoms with Crippen LogP contribution in [0.15, 0.2) is 18.3 Å². The van der Waals surface area contributed by atoms with Gasteiger partial charge in [-0.15, -0.1) is 11.6 Å². The van der Waals surface area contributed by atoms with Gasteiger partial charge >= 0.3 is 0 Å². The van der Waals surface area contributed by atoms with Crippen molar-refractivity contribution in [3.05, 3.63) is 24.2 Å². The third-order valence-electron chi connectivity index (χ3n) is 3.47. The van der Waals surface area contributed by atoms with Crippen LogP contribution < -0.4 is 0 Å². The highest BCUT2D eigenvalue weighted by Gasteiger charge is 2.22. The predicted molar refractivity (Wildman–Crippen MR) is 82.2 cm³/mol. The van der Waals surface area contributed by atoms with Gasteiger partial charge < -0.3 is 9.30 Å². The lowest BCUT2D eigenvalue weighted by molar-refractivity contribution is 0.142. The second-order valence-corrected chi connectivity index (χ2v) is 6.18. The number of rotatable bonds is 7. The number of imidazole rings is 1. The zero-order valence-electron chi connectivity index (χ0n) is 12.4. The molecule has 2 heterocycles. The van der Waals surface area contributed by atoms with Gasteiger partial charge in [0.25, 0.3) is 0 Å². The smallest absolute Gasteiger partial charge is 0.160 e. The van der Waals surface area contributed by atoms with Crippen LogP contribution in [0.2, 0.25) is 0 Å². The molecule has 2 aromatic heterocycles. The fraction of sp³-hybridized carbons (Fsp3) is 0.600. The Morgan fingerprint density at radius 3 is 2.90 bits per heavy atom. The molecule has 0 saturated carbocycles. The van der Waals surface area contributed by atoms with E-state index < -0.39 is 0 Å². The van der Waals surface area contributed by atoms with Crippen molar-refractivity contribution in [1.29, 1.82) is 0 Å². The lowest BCUT2D eigenvalue weighted by atomic mass is 9.89. The van der Waals surface area contributed by atoms with E-state index in [0.717, 1.165) is 43.0 Å². The molecule has 0 aromatic carbocycles. The average molecular weight is 296 g/mol. The summed E-state index contributed by atoms with van der Waals surface area (Å²) in [7, 11) is 1.74. The van der Waals surface area contributed by atoms with E-state index in [1.165, 1.54) is 0 Å². The Bertz CT molecular complexity index is 565. The molecular weight excluding hydrogens is 274 g/mol. The molecule has 0 aliphatic rings. The molecule has 110 valence electrons. The highest BCUT2D eigenvalue weighted by molar-refractivity contribution is 6.17. The molecule has 0 N–H and O–H groups in total. The first-order valence-corrected chi connectivity index (χ1v) is 7.46. The maximum absolute atomic E-state index is 5.90. The Morgan fingerprint density at radius 1 is 1.40 bits per heavy atom. The second-order valence-electron chi connectivity index (χ2n) is 5.81. The van der Waals surface area contributed by atoms with E-state index >= 15 is 0 Å². The van der Waals surface area contributed by atoms with Crippen LogP contribution in [-0.2, 0) is 17.7 Å². The third kappa shape index (κ3) is 3.49. The number of nitrogens with zero attached hydrogens (tertiary/aromatic N) is 3. The van der Waals surface area contributed by atoms with Crippen molar-refractivity contribution in [2.75, 3.05) is 19.6 Å². The summed E-state index contributed by atoms with van der Waals surface area (Å²) in [5.41, 5.74) is 2.01. The fourth-order valence-corrected chi connectivity index (χ4v) is 2.50. The van der Waals surface area contributed by atoms with Gasteiger partial charge in [0.2, 0.25) is 0 Å². The van der Waals surface area contributed by atoms with Crippen molar-refractivity contribution in [1.82, 2.24) is 14.5 Å². The maximum atomic E-state index is 5.90. The molecule has 2 rings (SSSR count). The zero-order valence-corrected chi connectivity index (χ0v) is 13.2. The van der Waals surface area contributed by atoms with Crippen LogP contribution in [0, 0.1) is 5.41 Å². The number of alkyl halides is 1. The number of fused-ring (bicyclic) bond motifs is 1. The molecule has 0 saturated heterocycles. The molecule has 4 nitrogen and oxygen atoms in total. The van der Waals surface area contributed by atoms with Gasteiger partial charge in [-0.05, 0) is 24.0 Å². The molecule has 0 bridgehead atoms. The minimum atomic E-state index is 0.127. The summed E-state index contributed by atoms with van der Waals surface area (Å²) in [6, 6.07) is 3.92. The molecule has 0 radical (unpaired) electrons. The molecular formula is C15H22ClN3O. The SMILES string of the molecule is COCCC(C)(C)Cn1c(CCCl)nc2cccnc21. The standard InChI is InChI=1S/C15H22ClN3O/c1-15(2,7-10-20-3)11-19-13(6-8-16)18-12-5-4-9-17-14(12)19/h4-5,9H,6-8,10-11H2,1-3H3. The van der Waals surface area contributed by atoms with E-state index in [4.69, 9.17) is 16.3 Å². The Labute approximate surface area is 125 Å². The molecule has 0 unspecified atom stereocenters. The highest BCUT2D eigenvalue weighted by Crippen LogP contribution is 2.26. The lowest BCUT2D eigenvalue weighted by Gasteiger charge is -2.25. The second kappa shape index (κ2) is 6.55. The molecule has 20 heavy (non-hydrogen) atoms. The number of ether oxygens (including phenoxy) is 1. The van der Waals surface area contributed by atoms with E-state index in [1.807, 2.05) is 18.3 Å². The maximum Gasteiger partial charge on any atom is 0.160 e. The summed E-state index contributed by atoms with van der Waals surface area (Å²) in [4.78, 5) is 9.13. The predicted octanol–water partition coefficient (Wildman–Crippen LogP) is 3.28. The highest BCUT2D eigenvalue weighted by atomic mass is 35.5. The molecule has 0 amide bonds. The summed E-state index contributed by atoms with van der Waals surface area (Å²) < 4.78 is 7.40. The lowest BCUT2D eigenvalue weighted by Crippen LogP contribution is -2.23. The summed E-state index contributed by atoms with van der Waals surface area (Å²) in [6.45, 7) is 6.12. The molecule has 0 atom stereocenters. The van der Waals surface area contributed by atoms with Crippen LogP contribution >= 0.6 is 11.6 Å². The Morgan fingerprint density at radius 2 is 2.20 bits per heavy atom. The minimum Gasteiger partial charge on any atom is -0.385 e. The van der Waals surface area contributed by atoms with Crippen LogP contribution in [-0.4, -0.2) is 34.1 Å². The van der Waals surface area contributed by atoms with Crippen molar-refractivity contribution in [3.8, 4) is 0 Å².